The van der Waals surface area contributed by atoms with Crippen LogP contribution in [0.1, 0.15) is 6.42 Å². The fourth-order valence-corrected chi connectivity index (χ4v) is 0.592. The molecule has 0 bridgehead atoms. The van der Waals surface area contributed by atoms with Gasteiger partial charge >= 0.3 is 12.0 Å². The van der Waals surface area contributed by atoms with Crippen LogP contribution in [0.2, 0.25) is 0 Å². The number of amides is 3. The zero-order chi connectivity index (χ0) is 10.4. The molecule has 0 radical (unpaired) electrons. The highest BCUT2D eigenvalue weighted by Gasteiger charge is 2.12. The molecule has 3 amide bonds. The standard InChI is InChI=1S/C7H10N2O4/c1-4(6(11)13-2)3-5(10)9-7(8)12/h1,3H2,2H3,(H3,8,9,10,12). The van der Waals surface area contributed by atoms with Gasteiger partial charge in [0, 0.05) is 5.57 Å². The lowest BCUT2D eigenvalue weighted by Gasteiger charge is -2.02. The van der Waals surface area contributed by atoms with Crippen molar-refractivity contribution < 1.29 is 19.1 Å². The van der Waals surface area contributed by atoms with Gasteiger partial charge in [0.2, 0.25) is 5.91 Å². The van der Waals surface area contributed by atoms with Crippen LogP contribution in [0.4, 0.5) is 4.79 Å². The lowest BCUT2D eigenvalue weighted by molar-refractivity contribution is -0.137. The molecule has 3 N–H and O–H groups in total. The average molecular weight is 186 g/mol. The van der Waals surface area contributed by atoms with Crippen molar-refractivity contribution >= 4 is 17.9 Å². The number of imide groups is 1. The topological polar surface area (TPSA) is 98.5 Å². The second-order valence-corrected chi connectivity index (χ2v) is 2.18. The third-order valence-electron chi connectivity index (χ3n) is 1.11. The van der Waals surface area contributed by atoms with E-state index in [9.17, 15) is 14.4 Å². The SMILES string of the molecule is C=C(CC(=O)NC(N)=O)C(=O)OC. The number of primary amides is 1. The normalized spacial score (nSPS) is 8.69. The summed E-state index contributed by atoms with van der Waals surface area (Å²) in [5.74, 6) is -1.39. The second-order valence-electron chi connectivity index (χ2n) is 2.18. The Kier molecular flexibility index (Phi) is 4.21. The second kappa shape index (κ2) is 4.91. The Hall–Kier alpha value is -1.85. The molecule has 0 saturated carbocycles. The van der Waals surface area contributed by atoms with Crippen LogP contribution in [-0.2, 0) is 14.3 Å². The molecule has 0 saturated heterocycles. The molecular weight excluding hydrogens is 176 g/mol. The Bertz CT molecular complexity index is 259. The van der Waals surface area contributed by atoms with Crippen LogP contribution in [0, 0.1) is 0 Å². The van der Waals surface area contributed by atoms with Crippen LogP contribution >= 0.6 is 0 Å². The third kappa shape index (κ3) is 4.57. The van der Waals surface area contributed by atoms with Crippen LogP contribution < -0.4 is 11.1 Å². The van der Waals surface area contributed by atoms with Crippen molar-refractivity contribution in [2.75, 3.05) is 7.11 Å². The van der Waals surface area contributed by atoms with Crippen molar-refractivity contribution in [1.82, 2.24) is 5.32 Å². The van der Waals surface area contributed by atoms with E-state index in [4.69, 9.17) is 0 Å². The number of nitrogens with one attached hydrogen (secondary N) is 1. The van der Waals surface area contributed by atoms with Crippen LogP contribution in [0.3, 0.4) is 0 Å². The van der Waals surface area contributed by atoms with Gasteiger partial charge < -0.3 is 10.5 Å². The van der Waals surface area contributed by atoms with Gasteiger partial charge in [-0.1, -0.05) is 6.58 Å². The Morgan fingerprint density at radius 1 is 1.46 bits per heavy atom. The Morgan fingerprint density at radius 2 is 2.00 bits per heavy atom. The van der Waals surface area contributed by atoms with Crippen LogP contribution in [-0.4, -0.2) is 25.0 Å². The van der Waals surface area contributed by atoms with Crippen LogP contribution in [0.5, 0.6) is 0 Å². The number of esters is 1. The molecule has 0 aromatic carbocycles. The monoisotopic (exact) mass is 186 g/mol. The van der Waals surface area contributed by atoms with Gasteiger partial charge in [0.25, 0.3) is 0 Å². The highest BCUT2D eigenvalue weighted by molar-refractivity contribution is 5.99. The van der Waals surface area contributed by atoms with Crippen molar-refractivity contribution in [2.24, 2.45) is 5.73 Å². The molecular formula is C7H10N2O4. The molecule has 13 heavy (non-hydrogen) atoms. The van der Waals surface area contributed by atoms with Crippen molar-refractivity contribution in [3.05, 3.63) is 12.2 Å². The van der Waals surface area contributed by atoms with E-state index < -0.39 is 17.9 Å². The van der Waals surface area contributed by atoms with E-state index in [1.807, 2.05) is 0 Å². The molecule has 0 aliphatic carbocycles. The van der Waals surface area contributed by atoms with Crippen molar-refractivity contribution in [3.63, 3.8) is 0 Å². The number of hydrogen-bond acceptors (Lipinski definition) is 4. The zero-order valence-corrected chi connectivity index (χ0v) is 7.12. The number of ether oxygens (including phenoxy) is 1. The largest absolute Gasteiger partial charge is 0.466 e. The molecule has 0 rings (SSSR count). The predicted molar refractivity (Wildman–Crippen MR) is 43.5 cm³/mol. The zero-order valence-electron chi connectivity index (χ0n) is 7.12. The van der Waals surface area contributed by atoms with Gasteiger partial charge in [-0.15, -0.1) is 0 Å². The van der Waals surface area contributed by atoms with E-state index in [0.717, 1.165) is 0 Å². The van der Waals surface area contributed by atoms with E-state index in [1.54, 1.807) is 5.32 Å². The number of carbonyl (C=O) groups is 3. The summed E-state index contributed by atoms with van der Waals surface area (Å²) in [6.07, 6.45) is -0.310. The van der Waals surface area contributed by atoms with Crippen LogP contribution in [0.15, 0.2) is 12.2 Å². The number of methoxy groups -OCH3 is 1. The van der Waals surface area contributed by atoms with Gasteiger partial charge in [-0.2, -0.15) is 0 Å². The fourth-order valence-electron chi connectivity index (χ4n) is 0.592. The molecule has 0 aromatic heterocycles. The average Bonchev–Trinajstić information content (AvgIpc) is 2.01. The Labute approximate surface area is 74.7 Å². The lowest BCUT2D eigenvalue weighted by atomic mass is 10.2. The first-order chi connectivity index (χ1) is 5.97. The number of urea groups is 1. The first-order valence-electron chi connectivity index (χ1n) is 3.32. The Balaban J connectivity index is 3.99. The molecule has 0 unspecified atom stereocenters. The maximum atomic E-state index is 10.8. The van der Waals surface area contributed by atoms with E-state index in [2.05, 4.69) is 17.0 Å². The summed E-state index contributed by atoms with van der Waals surface area (Å²) in [5, 5.41) is 1.78. The quantitative estimate of drug-likeness (QED) is 0.449. The van der Waals surface area contributed by atoms with Gasteiger partial charge in [0.05, 0.1) is 13.5 Å². The highest BCUT2D eigenvalue weighted by Crippen LogP contribution is 1.99. The highest BCUT2D eigenvalue weighted by atomic mass is 16.5. The van der Waals surface area contributed by atoms with E-state index >= 15 is 0 Å². The summed E-state index contributed by atoms with van der Waals surface area (Å²) in [4.78, 5) is 31.7. The summed E-state index contributed by atoms with van der Waals surface area (Å²) in [6, 6.07) is -0.970. The fraction of sp³-hybridized carbons (Fsp3) is 0.286. The molecule has 0 fully saturated rings. The predicted octanol–water partition coefficient (Wildman–Crippen LogP) is -0.699. The van der Waals surface area contributed by atoms with E-state index in [0.29, 0.717) is 0 Å². The maximum absolute atomic E-state index is 10.8. The van der Waals surface area contributed by atoms with Gasteiger partial charge in [0.1, 0.15) is 0 Å². The molecule has 0 spiro atoms. The summed E-state index contributed by atoms with van der Waals surface area (Å²) < 4.78 is 4.28. The smallest absolute Gasteiger partial charge is 0.333 e. The van der Waals surface area contributed by atoms with Crippen molar-refractivity contribution in [2.45, 2.75) is 6.42 Å². The molecule has 6 heteroatoms. The number of nitrogens with two attached hydrogens (primary N) is 1. The minimum atomic E-state index is -0.970. The first-order valence-corrected chi connectivity index (χ1v) is 3.32. The number of carbonyl (C=O) groups excluding carboxylic acids is 3. The molecule has 0 heterocycles. The molecule has 0 aromatic rings. The van der Waals surface area contributed by atoms with Gasteiger partial charge in [-0.25, -0.2) is 9.59 Å². The van der Waals surface area contributed by atoms with Crippen LogP contribution in [0.25, 0.3) is 0 Å². The summed E-state index contributed by atoms with van der Waals surface area (Å²) >= 11 is 0. The molecule has 72 valence electrons. The third-order valence-corrected chi connectivity index (χ3v) is 1.11. The maximum Gasteiger partial charge on any atom is 0.333 e. The summed E-state index contributed by atoms with van der Waals surface area (Å²) in [6.45, 7) is 3.29. The Morgan fingerprint density at radius 3 is 2.38 bits per heavy atom. The van der Waals surface area contributed by atoms with Gasteiger partial charge in [-0.3, -0.25) is 10.1 Å². The summed E-state index contributed by atoms with van der Waals surface area (Å²) in [5.41, 5.74) is 4.62. The van der Waals surface area contributed by atoms with E-state index in [1.165, 1.54) is 7.11 Å². The number of hydrogen-bond donors (Lipinski definition) is 2. The molecule has 0 aliphatic heterocycles. The molecule has 6 nitrogen and oxygen atoms in total. The van der Waals surface area contributed by atoms with Gasteiger partial charge in [-0.05, 0) is 0 Å². The lowest BCUT2D eigenvalue weighted by Crippen LogP contribution is -2.35. The van der Waals surface area contributed by atoms with Crippen molar-refractivity contribution in [1.29, 1.82) is 0 Å². The minimum absolute atomic E-state index is 0.0405. The minimum Gasteiger partial charge on any atom is -0.466 e. The van der Waals surface area contributed by atoms with Gasteiger partial charge in [0.15, 0.2) is 0 Å². The number of rotatable bonds is 3. The first kappa shape index (κ1) is 11.2. The van der Waals surface area contributed by atoms with Crippen molar-refractivity contribution in [3.8, 4) is 0 Å². The molecule has 0 aliphatic rings. The summed E-state index contributed by atoms with van der Waals surface area (Å²) in [7, 11) is 1.17. The molecule has 0 atom stereocenters. The van der Waals surface area contributed by atoms with E-state index in [-0.39, 0.29) is 12.0 Å².